The molecule has 2 rings (SSSR count). The number of aliphatic carboxylic acids is 1. The lowest BCUT2D eigenvalue weighted by Crippen LogP contribution is -2.52. The Balaban J connectivity index is 1.96. The van der Waals surface area contributed by atoms with Gasteiger partial charge in [-0.05, 0) is 51.8 Å². The van der Waals surface area contributed by atoms with Crippen molar-refractivity contribution < 1.29 is 20.8 Å². The van der Waals surface area contributed by atoms with E-state index in [0.717, 1.165) is 12.8 Å². The van der Waals surface area contributed by atoms with Gasteiger partial charge in [0.25, 0.3) is 0 Å². The van der Waals surface area contributed by atoms with Gasteiger partial charge in [0.05, 0.1) is 0 Å². The molecule has 0 heterocycles. The summed E-state index contributed by atoms with van der Waals surface area (Å²) in [5.74, 6) is -1.03. The molecule has 2 aliphatic carbocycles. The summed E-state index contributed by atoms with van der Waals surface area (Å²) in [7, 11) is 0. The molecule has 0 unspecified atom stereocenters. The van der Waals surface area contributed by atoms with Crippen molar-refractivity contribution in [1.82, 2.24) is 4.90 Å². The SMILES string of the molecule is [2H]CC(C)(C)OC(=O)N(CC(=O)O)C1CC2(CC2)C1. The van der Waals surface area contributed by atoms with E-state index in [1.54, 1.807) is 13.8 Å². The van der Waals surface area contributed by atoms with Gasteiger partial charge >= 0.3 is 12.1 Å². The van der Waals surface area contributed by atoms with Crippen molar-refractivity contribution >= 4 is 12.1 Å². The van der Waals surface area contributed by atoms with E-state index in [0.29, 0.717) is 5.41 Å². The highest BCUT2D eigenvalue weighted by Crippen LogP contribution is 2.61. The second-order valence-corrected chi connectivity index (χ2v) is 6.21. The second-order valence-electron chi connectivity index (χ2n) is 6.21. The molecule has 0 saturated heterocycles. The lowest BCUT2D eigenvalue weighted by Gasteiger charge is -2.43. The molecule has 2 fully saturated rings. The molecule has 1 N–H and O–H groups in total. The zero-order valence-electron chi connectivity index (χ0n) is 11.9. The Labute approximate surface area is 109 Å². The maximum Gasteiger partial charge on any atom is 0.411 e. The lowest BCUT2D eigenvalue weighted by atomic mass is 9.76. The van der Waals surface area contributed by atoms with Crippen molar-refractivity contribution in [2.45, 2.75) is 58.1 Å². The van der Waals surface area contributed by atoms with E-state index in [-0.39, 0.29) is 19.5 Å². The average molecular weight is 256 g/mol. The highest BCUT2D eigenvalue weighted by Gasteiger charge is 2.55. The molecule has 2 saturated carbocycles. The summed E-state index contributed by atoms with van der Waals surface area (Å²) in [6.07, 6.45) is 3.54. The molecule has 0 aromatic rings. The molecule has 0 atom stereocenters. The van der Waals surface area contributed by atoms with Crippen LogP contribution < -0.4 is 0 Å². The molecular formula is C13H21NO4. The number of ether oxygens (including phenoxy) is 1. The van der Waals surface area contributed by atoms with Crippen molar-refractivity contribution in [3.05, 3.63) is 0 Å². The summed E-state index contributed by atoms with van der Waals surface area (Å²) in [5, 5.41) is 8.92. The number of hydrogen-bond donors (Lipinski definition) is 1. The third-order valence-corrected chi connectivity index (χ3v) is 3.64. The Morgan fingerprint density at radius 3 is 2.56 bits per heavy atom. The first-order valence-corrected chi connectivity index (χ1v) is 6.28. The maximum absolute atomic E-state index is 12.1. The molecule has 2 aliphatic rings. The third kappa shape index (κ3) is 2.94. The van der Waals surface area contributed by atoms with Crippen LogP contribution in [0.4, 0.5) is 4.79 Å². The van der Waals surface area contributed by atoms with E-state index >= 15 is 0 Å². The van der Waals surface area contributed by atoms with Crippen LogP contribution in [0.3, 0.4) is 0 Å². The molecule has 0 bridgehead atoms. The van der Waals surface area contributed by atoms with E-state index in [9.17, 15) is 9.59 Å². The summed E-state index contributed by atoms with van der Waals surface area (Å²) >= 11 is 0. The molecule has 5 nitrogen and oxygen atoms in total. The van der Waals surface area contributed by atoms with Gasteiger partial charge in [-0.3, -0.25) is 9.69 Å². The van der Waals surface area contributed by atoms with Gasteiger partial charge in [0.15, 0.2) is 0 Å². The Bertz CT molecular complexity index is 384. The van der Waals surface area contributed by atoms with Gasteiger partial charge in [0.1, 0.15) is 12.1 Å². The van der Waals surface area contributed by atoms with E-state index in [4.69, 9.17) is 11.2 Å². The van der Waals surface area contributed by atoms with E-state index in [2.05, 4.69) is 0 Å². The zero-order valence-corrected chi connectivity index (χ0v) is 10.9. The van der Waals surface area contributed by atoms with E-state index < -0.39 is 17.7 Å². The van der Waals surface area contributed by atoms with Gasteiger partial charge in [-0.25, -0.2) is 4.79 Å². The fraction of sp³-hybridized carbons (Fsp3) is 0.846. The quantitative estimate of drug-likeness (QED) is 0.841. The fourth-order valence-corrected chi connectivity index (χ4v) is 2.53. The Kier molecular flexibility index (Phi) is 2.72. The van der Waals surface area contributed by atoms with Gasteiger partial charge in [0.2, 0.25) is 0 Å². The number of carboxylic acid groups (broad SMARTS) is 1. The zero-order chi connectivity index (χ0) is 14.3. The average Bonchev–Trinajstić information content (AvgIpc) is 3.03. The summed E-state index contributed by atoms with van der Waals surface area (Å²) in [4.78, 5) is 24.3. The molecule has 0 aromatic heterocycles. The van der Waals surface area contributed by atoms with Crippen LogP contribution in [-0.2, 0) is 9.53 Å². The molecule has 5 heteroatoms. The van der Waals surface area contributed by atoms with Crippen LogP contribution >= 0.6 is 0 Å². The van der Waals surface area contributed by atoms with Crippen molar-refractivity contribution in [1.29, 1.82) is 0 Å². The molecule has 1 spiro atoms. The Morgan fingerprint density at radius 1 is 1.50 bits per heavy atom. The minimum absolute atomic E-state index is 0.0207. The predicted molar refractivity (Wildman–Crippen MR) is 65.3 cm³/mol. The number of hydrogen-bond acceptors (Lipinski definition) is 3. The van der Waals surface area contributed by atoms with Crippen LogP contribution in [0.25, 0.3) is 0 Å². The van der Waals surface area contributed by atoms with E-state index in [1.807, 2.05) is 0 Å². The van der Waals surface area contributed by atoms with Crippen molar-refractivity contribution in [2.24, 2.45) is 5.41 Å². The smallest absolute Gasteiger partial charge is 0.411 e. The summed E-state index contributed by atoms with van der Waals surface area (Å²) in [6, 6.07) is -0.0207. The summed E-state index contributed by atoms with van der Waals surface area (Å²) < 4.78 is 12.5. The van der Waals surface area contributed by atoms with Crippen LogP contribution in [0.2, 0.25) is 0 Å². The first kappa shape index (κ1) is 11.8. The van der Waals surface area contributed by atoms with Gasteiger partial charge in [-0.2, -0.15) is 0 Å². The van der Waals surface area contributed by atoms with Crippen LogP contribution in [0.1, 0.15) is 47.8 Å². The number of carboxylic acids is 1. The maximum atomic E-state index is 12.1. The number of amides is 1. The fourth-order valence-electron chi connectivity index (χ4n) is 2.53. The largest absolute Gasteiger partial charge is 0.480 e. The number of carbonyl (C=O) groups excluding carboxylic acids is 1. The van der Waals surface area contributed by atoms with Gasteiger partial charge in [-0.15, -0.1) is 0 Å². The Morgan fingerprint density at radius 2 is 2.11 bits per heavy atom. The lowest BCUT2D eigenvalue weighted by molar-refractivity contribution is -0.139. The topological polar surface area (TPSA) is 66.8 Å². The number of nitrogens with zero attached hydrogens (tertiary/aromatic N) is 1. The highest BCUT2D eigenvalue weighted by atomic mass is 16.6. The predicted octanol–water partition coefficient (Wildman–Crippen LogP) is 2.25. The monoisotopic (exact) mass is 256 g/mol. The molecule has 0 aliphatic heterocycles. The van der Waals surface area contributed by atoms with Crippen LogP contribution in [0.5, 0.6) is 0 Å². The molecule has 1 amide bonds. The van der Waals surface area contributed by atoms with Crippen molar-refractivity contribution in [3.63, 3.8) is 0 Å². The normalized spacial score (nSPS) is 22.0. The molecule has 0 radical (unpaired) electrons. The third-order valence-electron chi connectivity index (χ3n) is 3.64. The standard InChI is InChI=1S/C13H21NO4/c1-12(2,3)18-11(17)14(8-10(15)16)9-6-13(7-9)4-5-13/h9H,4-8H2,1-3H3,(H,15,16)/i1D. The minimum Gasteiger partial charge on any atom is -0.480 e. The van der Waals surface area contributed by atoms with E-state index in [1.165, 1.54) is 17.7 Å². The van der Waals surface area contributed by atoms with Crippen LogP contribution in [0, 0.1) is 5.41 Å². The molecule has 0 aromatic carbocycles. The van der Waals surface area contributed by atoms with Crippen molar-refractivity contribution in [2.75, 3.05) is 6.54 Å². The minimum atomic E-state index is -1.03. The Hall–Kier alpha value is -1.26. The highest BCUT2D eigenvalue weighted by molar-refractivity contribution is 5.77. The van der Waals surface area contributed by atoms with Gasteiger partial charge < -0.3 is 9.84 Å². The summed E-state index contributed by atoms with van der Waals surface area (Å²) in [6.45, 7) is 2.93. The van der Waals surface area contributed by atoms with Crippen LogP contribution in [0.15, 0.2) is 0 Å². The number of carbonyl (C=O) groups is 2. The van der Waals surface area contributed by atoms with Crippen LogP contribution in [-0.4, -0.2) is 40.3 Å². The van der Waals surface area contributed by atoms with Crippen molar-refractivity contribution in [3.8, 4) is 0 Å². The first-order chi connectivity index (χ1) is 8.77. The molecular weight excluding hydrogens is 234 g/mol. The van der Waals surface area contributed by atoms with Gasteiger partial charge in [-0.1, -0.05) is 0 Å². The van der Waals surface area contributed by atoms with Gasteiger partial charge in [0, 0.05) is 7.41 Å². The molecule has 102 valence electrons. The summed E-state index contributed by atoms with van der Waals surface area (Å²) in [5.41, 5.74) is -0.485. The second kappa shape index (κ2) is 4.14. The molecule has 18 heavy (non-hydrogen) atoms. The number of rotatable bonds is 3. The first-order valence-electron chi connectivity index (χ1n) is 6.98.